The first-order chi connectivity index (χ1) is 11.8. The van der Waals surface area contributed by atoms with E-state index in [1.54, 1.807) is 6.07 Å². The second kappa shape index (κ2) is 6.44. The molecule has 1 aromatic carbocycles. The highest BCUT2D eigenvalue weighted by molar-refractivity contribution is 9.10. The van der Waals surface area contributed by atoms with Crippen LogP contribution in [0.5, 0.6) is 0 Å². The van der Waals surface area contributed by atoms with Crippen LogP contribution in [-0.4, -0.2) is 14.9 Å². The first kappa shape index (κ1) is 17.3. The van der Waals surface area contributed by atoms with Crippen LogP contribution in [-0.2, 0) is 13.6 Å². The average Bonchev–Trinajstić information content (AvgIpc) is 2.89. The molecule has 0 bridgehead atoms. The molecule has 0 saturated carbocycles. The maximum Gasteiger partial charge on any atom is 0.332 e. The second-order valence-corrected chi connectivity index (χ2v) is 6.62. The zero-order chi connectivity index (χ0) is 18.3. The van der Waals surface area contributed by atoms with Crippen molar-refractivity contribution >= 4 is 33.6 Å². The van der Waals surface area contributed by atoms with Crippen LogP contribution >= 0.6 is 15.9 Å². The summed E-state index contributed by atoms with van der Waals surface area (Å²) in [6, 6.07) is 4.34. The Morgan fingerprint density at radius 3 is 2.68 bits per heavy atom. The summed E-state index contributed by atoms with van der Waals surface area (Å²) in [5, 5.41) is 2.82. The van der Waals surface area contributed by atoms with Gasteiger partial charge in [0.05, 0.1) is 5.70 Å². The number of allylic oxidation sites excluding steroid dienone is 1. The standard InChI is InChI=1S/C17H15BrFN3O3/c1-3-6-22-15-13(16(24)21(2)17(22)25)14(23)12(20-15)8-9-7-10(18)4-5-11(9)19/h4-5,7-8,20H,3,6H2,1-2H3/b12-8-. The molecular formula is C17H15BrFN3O3. The van der Waals surface area contributed by atoms with Gasteiger partial charge in [0.15, 0.2) is 0 Å². The van der Waals surface area contributed by atoms with E-state index in [1.807, 2.05) is 6.92 Å². The topological polar surface area (TPSA) is 73.1 Å². The molecule has 2 heterocycles. The van der Waals surface area contributed by atoms with E-state index in [4.69, 9.17) is 0 Å². The SMILES string of the molecule is CCCn1c2c(c(=O)n(C)c1=O)C(=O)/C(=C/c1cc(Br)ccc1F)N2. The summed E-state index contributed by atoms with van der Waals surface area (Å²) in [7, 11) is 1.33. The molecule has 0 unspecified atom stereocenters. The van der Waals surface area contributed by atoms with Crippen LogP contribution in [0.15, 0.2) is 38.0 Å². The molecule has 1 aromatic heterocycles. The number of aromatic nitrogens is 2. The number of nitrogens with zero attached hydrogens (tertiary/aromatic N) is 2. The molecule has 1 aliphatic rings. The molecule has 3 rings (SSSR count). The van der Waals surface area contributed by atoms with Crippen molar-refractivity contribution in [3.63, 3.8) is 0 Å². The Morgan fingerprint density at radius 1 is 1.28 bits per heavy atom. The van der Waals surface area contributed by atoms with E-state index in [2.05, 4.69) is 21.2 Å². The third-order valence-corrected chi connectivity index (χ3v) is 4.47. The van der Waals surface area contributed by atoms with Crippen LogP contribution in [0.2, 0.25) is 0 Å². The van der Waals surface area contributed by atoms with Crippen molar-refractivity contribution in [3.8, 4) is 0 Å². The predicted octanol–water partition coefficient (Wildman–Crippen LogP) is 2.51. The van der Waals surface area contributed by atoms with Gasteiger partial charge in [-0.2, -0.15) is 0 Å². The van der Waals surface area contributed by atoms with Gasteiger partial charge < -0.3 is 5.32 Å². The summed E-state index contributed by atoms with van der Waals surface area (Å²) in [5.41, 5.74) is -1.01. The maximum absolute atomic E-state index is 14.0. The summed E-state index contributed by atoms with van der Waals surface area (Å²) >= 11 is 3.25. The molecule has 0 atom stereocenters. The Labute approximate surface area is 150 Å². The van der Waals surface area contributed by atoms with Gasteiger partial charge in [-0.25, -0.2) is 9.18 Å². The van der Waals surface area contributed by atoms with E-state index in [9.17, 15) is 18.8 Å². The minimum absolute atomic E-state index is 0.0551. The van der Waals surface area contributed by atoms with E-state index in [1.165, 1.54) is 29.8 Å². The van der Waals surface area contributed by atoms with E-state index in [0.717, 1.165) is 4.57 Å². The quantitative estimate of drug-likeness (QED) is 0.793. The van der Waals surface area contributed by atoms with E-state index >= 15 is 0 Å². The number of hydrogen-bond donors (Lipinski definition) is 1. The van der Waals surface area contributed by atoms with E-state index in [0.29, 0.717) is 17.4 Å². The van der Waals surface area contributed by atoms with Crippen molar-refractivity contribution < 1.29 is 9.18 Å². The molecule has 8 heteroatoms. The number of rotatable bonds is 3. The van der Waals surface area contributed by atoms with Gasteiger partial charge in [0, 0.05) is 23.6 Å². The zero-order valence-corrected chi connectivity index (χ0v) is 15.2. The molecule has 6 nitrogen and oxygen atoms in total. The van der Waals surface area contributed by atoms with Gasteiger partial charge in [-0.1, -0.05) is 22.9 Å². The third-order valence-electron chi connectivity index (χ3n) is 3.97. The average molecular weight is 408 g/mol. The Morgan fingerprint density at radius 2 is 2.00 bits per heavy atom. The molecule has 1 N–H and O–H groups in total. The molecule has 25 heavy (non-hydrogen) atoms. The fourth-order valence-electron chi connectivity index (χ4n) is 2.73. The van der Waals surface area contributed by atoms with Crippen molar-refractivity contribution in [2.75, 3.05) is 5.32 Å². The fourth-order valence-corrected chi connectivity index (χ4v) is 3.11. The van der Waals surface area contributed by atoms with Crippen LogP contribution in [0.3, 0.4) is 0 Å². The normalized spacial score (nSPS) is 14.7. The Bertz CT molecular complexity index is 1040. The third kappa shape index (κ3) is 2.86. The summed E-state index contributed by atoms with van der Waals surface area (Å²) in [4.78, 5) is 37.3. The van der Waals surface area contributed by atoms with Gasteiger partial charge in [-0.05, 0) is 30.7 Å². The number of carbonyl (C=O) groups excluding carboxylic acids is 1. The fraction of sp³-hybridized carbons (Fsp3) is 0.235. The molecule has 0 amide bonds. The predicted molar refractivity (Wildman–Crippen MR) is 96.3 cm³/mol. The highest BCUT2D eigenvalue weighted by atomic mass is 79.9. The lowest BCUT2D eigenvalue weighted by atomic mass is 10.1. The molecule has 0 fully saturated rings. The van der Waals surface area contributed by atoms with E-state index < -0.39 is 22.8 Å². The number of fused-ring (bicyclic) bond motifs is 1. The van der Waals surface area contributed by atoms with Crippen LogP contribution in [0.25, 0.3) is 6.08 Å². The summed E-state index contributed by atoms with van der Waals surface area (Å²) in [5.74, 6) is -0.887. The number of hydrogen-bond acceptors (Lipinski definition) is 4. The number of nitrogens with one attached hydrogen (secondary N) is 1. The summed E-state index contributed by atoms with van der Waals surface area (Å²) in [6.07, 6.45) is 1.99. The number of carbonyl (C=O) groups is 1. The Hall–Kier alpha value is -2.48. The first-order valence-electron chi connectivity index (χ1n) is 7.67. The van der Waals surface area contributed by atoms with Crippen LogP contribution in [0, 0.1) is 5.82 Å². The Kier molecular flexibility index (Phi) is 4.47. The van der Waals surface area contributed by atoms with Gasteiger partial charge in [0.2, 0.25) is 5.78 Å². The Balaban J connectivity index is 2.19. The molecular weight excluding hydrogens is 393 g/mol. The maximum atomic E-state index is 14.0. The lowest BCUT2D eigenvalue weighted by Crippen LogP contribution is -2.40. The number of anilines is 1. The lowest BCUT2D eigenvalue weighted by molar-refractivity contribution is 0.104. The molecule has 130 valence electrons. The lowest BCUT2D eigenvalue weighted by Gasteiger charge is -2.11. The van der Waals surface area contributed by atoms with Crippen molar-refractivity contribution in [1.29, 1.82) is 0 Å². The smallest absolute Gasteiger partial charge is 0.332 e. The highest BCUT2D eigenvalue weighted by Gasteiger charge is 2.32. The largest absolute Gasteiger partial charge is 0.338 e. The van der Waals surface area contributed by atoms with Gasteiger partial charge in [0.25, 0.3) is 5.56 Å². The van der Waals surface area contributed by atoms with Gasteiger partial charge >= 0.3 is 5.69 Å². The summed E-state index contributed by atoms with van der Waals surface area (Å²) in [6.45, 7) is 2.24. The van der Waals surface area contributed by atoms with Gasteiger partial charge in [-0.3, -0.25) is 18.7 Å². The summed E-state index contributed by atoms with van der Waals surface area (Å²) < 4.78 is 16.9. The molecule has 0 aliphatic carbocycles. The highest BCUT2D eigenvalue weighted by Crippen LogP contribution is 2.27. The van der Waals surface area contributed by atoms with Crippen molar-refractivity contribution in [2.24, 2.45) is 7.05 Å². The van der Waals surface area contributed by atoms with Crippen molar-refractivity contribution in [2.45, 2.75) is 19.9 Å². The molecule has 0 spiro atoms. The molecule has 0 radical (unpaired) electrons. The number of Topliss-reactive ketones (excluding diaryl/α,β-unsaturated/α-hetero) is 1. The van der Waals surface area contributed by atoms with Crippen LogP contribution in [0.1, 0.15) is 29.3 Å². The number of ketones is 1. The monoisotopic (exact) mass is 407 g/mol. The molecule has 2 aromatic rings. The number of halogens is 2. The van der Waals surface area contributed by atoms with Crippen LogP contribution in [0.4, 0.5) is 10.2 Å². The van der Waals surface area contributed by atoms with Gasteiger partial charge in [0.1, 0.15) is 17.2 Å². The van der Waals surface area contributed by atoms with Gasteiger partial charge in [-0.15, -0.1) is 0 Å². The minimum atomic E-state index is -0.664. The van der Waals surface area contributed by atoms with E-state index in [-0.39, 0.29) is 22.6 Å². The molecule has 0 saturated heterocycles. The van der Waals surface area contributed by atoms with Crippen molar-refractivity contribution in [1.82, 2.24) is 9.13 Å². The zero-order valence-electron chi connectivity index (χ0n) is 13.6. The van der Waals surface area contributed by atoms with Crippen molar-refractivity contribution in [3.05, 3.63) is 66.2 Å². The first-order valence-corrected chi connectivity index (χ1v) is 8.46. The van der Waals surface area contributed by atoms with Crippen LogP contribution < -0.4 is 16.6 Å². The number of benzene rings is 1. The minimum Gasteiger partial charge on any atom is -0.338 e. The molecule has 1 aliphatic heterocycles. The second-order valence-electron chi connectivity index (χ2n) is 5.70.